The molecule has 6 nitrogen and oxygen atoms in total. The molecule has 26 heavy (non-hydrogen) atoms. The number of amides is 1. The molecule has 3 aromatic rings. The van der Waals surface area contributed by atoms with E-state index in [4.69, 9.17) is 9.72 Å². The average molecular weight is 368 g/mol. The molecule has 1 amide bonds. The van der Waals surface area contributed by atoms with Crippen molar-refractivity contribution in [2.45, 2.75) is 32.2 Å². The maximum Gasteiger partial charge on any atom is 0.260 e. The Morgan fingerprint density at radius 3 is 2.96 bits per heavy atom. The first-order valence-corrected chi connectivity index (χ1v) is 9.56. The highest BCUT2D eigenvalue weighted by atomic mass is 32.1. The third-order valence-electron chi connectivity index (χ3n) is 4.53. The topological polar surface area (TPSA) is 68.2 Å². The van der Waals surface area contributed by atoms with Crippen molar-refractivity contribution in [2.24, 2.45) is 0 Å². The van der Waals surface area contributed by atoms with E-state index in [-0.39, 0.29) is 12.5 Å². The highest BCUT2D eigenvalue weighted by Gasteiger charge is 2.18. The van der Waals surface area contributed by atoms with Gasteiger partial charge in [-0.05, 0) is 37.8 Å². The van der Waals surface area contributed by atoms with Crippen molar-refractivity contribution < 1.29 is 9.53 Å². The molecule has 0 bridgehead atoms. The van der Waals surface area contributed by atoms with E-state index in [0.717, 1.165) is 28.8 Å². The highest BCUT2D eigenvalue weighted by molar-refractivity contribution is 7.11. The number of hydrogen-bond donors (Lipinski definition) is 0. The first-order chi connectivity index (χ1) is 12.7. The van der Waals surface area contributed by atoms with Crippen molar-refractivity contribution in [2.75, 3.05) is 13.7 Å². The molecule has 0 unspecified atom stereocenters. The van der Waals surface area contributed by atoms with Crippen molar-refractivity contribution in [1.29, 1.82) is 0 Å². The Morgan fingerprint density at radius 1 is 1.23 bits per heavy atom. The minimum atomic E-state index is -0.0964. The molecule has 0 fully saturated rings. The van der Waals surface area contributed by atoms with E-state index >= 15 is 0 Å². The zero-order chi connectivity index (χ0) is 17.9. The second kappa shape index (κ2) is 7.37. The van der Waals surface area contributed by atoms with E-state index < -0.39 is 0 Å². The summed E-state index contributed by atoms with van der Waals surface area (Å²) in [7, 11) is 1.78. The molecule has 0 saturated carbocycles. The maximum atomic E-state index is 12.4. The van der Waals surface area contributed by atoms with Crippen LogP contribution in [0.1, 0.15) is 28.4 Å². The molecule has 7 heteroatoms. The third-order valence-corrected chi connectivity index (χ3v) is 5.67. The number of fused-ring (bicyclic) bond motifs is 2. The van der Waals surface area contributed by atoms with Crippen molar-refractivity contribution in [3.05, 3.63) is 46.2 Å². The molecule has 2 aromatic heterocycles. The number of benzene rings is 1. The van der Waals surface area contributed by atoms with Crippen LogP contribution >= 0.6 is 11.3 Å². The van der Waals surface area contributed by atoms with Crippen LogP contribution in [0.3, 0.4) is 0 Å². The number of carbonyl (C=O) groups is 1. The van der Waals surface area contributed by atoms with E-state index in [0.29, 0.717) is 12.4 Å². The number of thiazole rings is 1. The molecule has 1 aliphatic carbocycles. The molecule has 0 saturated heterocycles. The Kier molecular flexibility index (Phi) is 4.79. The smallest absolute Gasteiger partial charge is 0.260 e. The molecule has 1 aliphatic rings. The summed E-state index contributed by atoms with van der Waals surface area (Å²) in [5.74, 6) is 0.336. The number of rotatable bonds is 5. The summed E-state index contributed by atoms with van der Waals surface area (Å²) < 4.78 is 5.66. The van der Waals surface area contributed by atoms with Crippen LogP contribution in [0.15, 0.2) is 30.6 Å². The van der Waals surface area contributed by atoms with Gasteiger partial charge in [-0.15, -0.1) is 11.3 Å². The molecule has 1 aromatic carbocycles. The fourth-order valence-corrected chi connectivity index (χ4v) is 4.31. The predicted octanol–water partition coefficient (Wildman–Crippen LogP) is 3.00. The Balaban J connectivity index is 1.39. The Morgan fingerprint density at radius 2 is 2.08 bits per heavy atom. The summed E-state index contributed by atoms with van der Waals surface area (Å²) in [5, 5.41) is 1.80. The van der Waals surface area contributed by atoms with Gasteiger partial charge in [0.2, 0.25) is 5.88 Å². The molecular weight excluding hydrogens is 348 g/mol. The largest absolute Gasteiger partial charge is 0.467 e. The first-order valence-electron chi connectivity index (χ1n) is 8.74. The second-order valence-electron chi connectivity index (χ2n) is 6.42. The lowest BCUT2D eigenvalue weighted by molar-refractivity contribution is -0.132. The van der Waals surface area contributed by atoms with Crippen LogP contribution in [0, 0.1) is 0 Å². The first kappa shape index (κ1) is 16.9. The van der Waals surface area contributed by atoms with Crippen molar-refractivity contribution in [3.8, 4) is 5.88 Å². The number of hydrogen-bond acceptors (Lipinski definition) is 6. The summed E-state index contributed by atoms with van der Waals surface area (Å²) in [6.45, 7) is 0.465. The number of aromatic nitrogens is 3. The van der Waals surface area contributed by atoms with Crippen LogP contribution in [0.2, 0.25) is 0 Å². The average Bonchev–Trinajstić information content (AvgIpc) is 3.08. The van der Waals surface area contributed by atoms with Crippen LogP contribution in [-0.2, 0) is 24.2 Å². The van der Waals surface area contributed by atoms with Gasteiger partial charge in [0.25, 0.3) is 5.91 Å². The van der Waals surface area contributed by atoms with Gasteiger partial charge in [0.1, 0.15) is 11.3 Å². The number of carbonyl (C=O) groups excluding carboxylic acids is 1. The molecule has 4 rings (SSSR count). The Hall–Kier alpha value is -2.54. The lowest BCUT2D eigenvalue weighted by Gasteiger charge is -2.16. The number of ether oxygens (including phenoxy) is 1. The van der Waals surface area contributed by atoms with Gasteiger partial charge < -0.3 is 9.64 Å². The van der Waals surface area contributed by atoms with Gasteiger partial charge in [-0.25, -0.2) is 15.0 Å². The zero-order valence-corrected chi connectivity index (χ0v) is 15.5. The lowest BCUT2D eigenvalue weighted by atomic mass is 10.0. The van der Waals surface area contributed by atoms with E-state index in [1.54, 1.807) is 23.3 Å². The molecule has 0 N–H and O–H groups in total. The molecule has 134 valence electrons. The highest BCUT2D eigenvalue weighted by Crippen LogP contribution is 2.27. The quantitative estimate of drug-likeness (QED) is 0.692. The lowest BCUT2D eigenvalue weighted by Crippen LogP contribution is -2.31. The van der Waals surface area contributed by atoms with Crippen LogP contribution < -0.4 is 4.74 Å². The maximum absolute atomic E-state index is 12.4. The van der Waals surface area contributed by atoms with E-state index in [1.807, 2.05) is 24.3 Å². The van der Waals surface area contributed by atoms with Gasteiger partial charge in [-0.3, -0.25) is 4.79 Å². The SMILES string of the molecule is CN(Cc1nc2c(s1)CCCC2)C(=O)COc1ncnc2ccccc12. The normalized spacial score (nSPS) is 13.4. The summed E-state index contributed by atoms with van der Waals surface area (Å²) >= 11 is 1.73. The summed E-state index contributed by atoms with van der Waals surface area (Å²) in [6.07, 6.45) is 6.09. The Labute approximate surface area is 155 Å². The van der Waals surface area contributed by atoms with Crippen LogP contribution in [0.4, 0.5) is 0 Å². The molecule has 2 heterocycles. The van der Waals surface area contributed by atoms with Crippen LogP contribution in [0.5, 0.6) is 5.88 Å². The van der Waals surface area contributed by atoms with Crippen LogP contribution in [0.25, 0.3) is 10.9 Å². The van der Waals surface area contributed by atoms with E-state index in [2.05, 4.69) is 9.97 Å². The molecular formula is C19H20N4O2S. The third kappa shape index (κ3) is 3.53. The van der Waals surface area contributed by atoms with Gasteiger partial charge in [0.15, 0.2) is 6.61 Å². The van der Waals surface area contributed by atoms with E-state index in [9.17, 15) is 4.79 Å². The van der Waals surface area contributed by atoms with Crippen molar-refractivity contribution in [1.82, 2.24) is 19.9 Å². The van der Waals surface area contributed by atoms with Crippen molar-refractivity contribution in [3.63, 3.8) is 0 Å². The number of para-hydroxylation sites is 1. The molecule has 0 spiro atoms. The number of nitrogens with zero attached hydrogens (tertiary/aromatic N) is 4. The monoisotopic (exact) mass is 368 g/mol. The zero-order valence-electron chi connectivity index (χ0n) is 14.6. The van der Waals surface area contributed by atoms with Gasteiger partial charge in [0.05, 0.1) is 23.1 Å². The van der Waals surface area contributed by atoms with Crippen molar-refractivity contribution >= 4 is 28.1 Å². The summed E-state index contributed by atoms with van der Waals surface area (Å²) in [6, 6.07) is 7.59. The molecule has 0 atom stereocenters. The van der Waals surface area contributed by atoms with Gasteiger partial charge in [-0.1, -0.05) is 12.1 Å². The second-order valence-corrected chi connectivity index (χ2v) is 7.59. The fourth-order valence-electron chi connectivity index (χ4n) is 3.10. The van der Waals surface area contributed by atoms with Gasteiger partial charge in [-0.2, -0.15) is 0 Å². The molecule has 0 radical (unpaired) electrons. The number of likely N-dealkylation sites (N-methyl/N-ethyl adjacent to an activating group) is 1. The predicted molar refractivity (Wildman–Crippen MR) is 100 cm³/mol. The Bertz CT molecular complexity index is 911. The standard InChI is InChI=1S/C19H20N4O2S/c1-23(10-17-22-15-8-4-5-9-16(15)26-17)18(24)11-25-19-13-6-2-3-7-14(13)20-12-21-19/h2-3,6-7,12H,4-5,8-11H2,1H3. The van der Waals surface area contributed by atoms with Gasteiger partial charge in [0, 0.05) is 11.9 Å². The number of aryl methyl sites for hydroxylation is 2. The summed E-state index contributed by atoms with van der Waals surface area (Å²) in [4.78, 5) is 28.5. The van der Waals surface area contributed by atoms with Gasteiger partial charge >= 0.3 is 0 Å². The summed E-state index contributed by atoms with van der Waals surface area (Å²) in [5.41, 5.74) is 2.02. The molecule has 0 aliphatic heterocycles. The van der Waals surface area contributed by atoms with Crippen LogP contribution in [-0.4, -0.2) is 39.4 Å². The minimum absolute atomic E-state index is 0.0530. The minimum Gasteiger partial charge on any atom is -0.467 e. The fraction of sp³-hybridized carbons (Fsp3) is 0.368. The van der Waals surface area contributed by atoms with E-state index in [1.165, 1.54) is 29.7 Å².